The summed E-state index contributed by atoms with van der Waals surface area (Å²) in [5.41, 5.74) is 2.30. The first kappa shape index (κ1) is 26.2. The van der Waals surface area contributed by atoms with Crippen LogP contribution in [0.5, 0.6) is 5.75 Å². The van der Waals surface area contributed by atoms with Crippen molar-refractivity contribution in [1.82, 2.24) is 4.31 Å². The lowest BCUT2D eigenvalue weighted by Crippen LogP contribution is -2.37. The Bertz CT molecular complexity index is 1230. The molecular formula is C30H40N2O4S. The van der Waals surface area contributed by atoms with Crippen LogP contribution in [0.1, 0.15) is 77.7 Å². The minimum absolute atomic E-state index is 0.0246. The van der Waals surface area contributed by atoms with Gasteiger partial charge in [-0.05, 0) is 91.3 Å². The summed E-state index contributed by atoms with van der Waals surface area (Å²) >= 11 is 0. The normalized spacial score (nSPS) is 26.3. The lowest BCUT2D eigenvalue weighted by atomic mass is 9.65. The van der Waals surface area contributed by atoms with Crippen molar-refractivity contribution >= 4 is 21.7 Å². The number of sulfonamides is 1. The van der Waals surface area contributed by atoms with Crippen LogP contribution in [0.15, 0.2) is 53.4 Å². The number of anilines is 1. The van der Waals surface area contributed by atoms with Gasteiger partial charge in [0.15, 0.2) is 0 Å². The molecule has 2 heterocycles. The molecule has 2 aromatic rings. The van der Waals surface area contributed by atoms with E-state index < -0.39 is 10.0 Å². The summed E-state index contributed by atoms with van der Waals surface area (Å²) in [6.07, 6.45) is 5.92. The predicted octanol–water partition coefficient (Wildman–Crippen LogP) is 5.98. The number of hydrogen-bond donors (Lipinski definition) is 0. The highest BCUT2D eigenvalue weighted by atomic mass is 32.2. The molecule has 3 fully saturated rings. The van der Waals surface area contributed by atoms with Crippen molar-refractivity contribution in [3.8, 4) is 5.75 Å². The maximum absolute atomic E-state index is 13.5. The summed E-state index contributed by atoms with van der Waals surface area (Å²) < 4.78 is 34.5. The summed E-state index contributed by atoms with van der Waals surface area (Å²) in [6, 6.07) is 14.6. The predicted molar refractivity (Wildman–Crippen MR) is 146 cm³/mol. The smallest absolute Gasteiger partial charge is 0.318 e. The molecular weight excluding hydrogens is 484 g/mol. The van der Waals surface area contributed by atoms with Gasteiger partial charge in [0, 0.05) is 31.4 Å². The molecule has 7 heteroatoms. The Balaban J connectivity index is 1.26. The van der Waals surface area contributed by atoms with Gasteiger partial charge in [-0.3, -0.25) is 4.79 Å². The third kappa shape index (κ3) is 5.30. The standard InChI is InChI=1S/C30H40N2O4S/c1-5-27(22-8-10-23(11-9-22)31-16-6-7-17-31)28(33)36-25-12-14-26(15-13-25)37(34,35)32-21-30(4)19-24(32)18-29(2,3)20-30/h8-15,24,27H,5-7,16-21H2,1-4H3. The molecule has 3 atom stereocenters. The Hall–Kier alpha value is -2.38. The average molecular weight is 525 g/mol. The SMILES string of the molecule is CCC(C(=O)Oc1ccc(S(=O)(=O)N2CC3(C)CC2CC(C)(C)C3)cc1)c1ccc(N2CCCC2)cc1. The highest BCUT2D eigenvalue weighted by Crippen LogP contribution is 2.53. The molecule has 200 valence electrons. The maximum Gasteiger partial charge on any atom is 0.318 e. The van der Waals surface area contributed by atoms with Crippen molar-refractivity contribution in [2.24, 2.45) is 10.8 Å². The molecule has 0 spiro atoms. The van der Waals surface area contributed by atoms with Gasteiger partial charge in [0.2, 0.25) is 10.0 Å². The van der Waals surface area contributed by atoms with Crippen molar-refractivity contribution < 1.29 is 17.9 Å². The molecule has 0 N–H and O–H groups in total. The van der Waals surface area contributed by atoms with Gasteiger partial charge < -0.3 is 9.64 Å². The third-order valence-corrected chi connectivity index (χ3v) is 10.4. The Labute approximate surface area is 222 Å². The number of esters is 1. The molecule has 2 aliphatic heterocycles. The van der Waals surface area contributed by atoms with Crippen LogP contribution in [-0.2, 0) is 14.8 Å². The van der Waals surface area contributed by atoms with Crippen molar-refractivity contribution in [1.29, 1.82) is 0 Å². The third-order valence-electron chi connectivity index (χ3n) is 8.47. The number of carbonyl (C=O) groups is 1. The van der Waals surface area contributed by atoms with Gasteiger partial charge in [-0.2, -0.15) is 4.31 Å². The number of benzene rings is 2. The zero-order valence-corrected chi connectivity index (χ0v) is 23.4. The second kappa shape index (κ2) is 9.73. The molecule has 0 amide bonds. The quantitative estimate of drug-likeness (QED) is 0.330. The fourth-order valence-corrected chi connectivity index (χ4v) is 8.90. The van der Waals surface area contributed by atoms with E-state index in [1.54, 1.807) is 28.6 Å². The molecule has 2 saturated heterocycles. The van der Waals surface area contributed by atoms with E-state index in [0.29, 0.717) is 18.7 Å². The van der Waals surface area contributed by atoms with E-state index in [9.17, 15) is 13.2 Å². The molecule has 0 radical (unpaired) electrons. The van der Waals surface area contributed by atoms with Gasteiger partial charge >= 0.3 is 5.97 Å². The minimum Gasteiger partial charge on any atom is -0.426 e. The van der Waals surface area contributed by atoms with E-state index in [4.69, 9.17) is 4.74 Å². The topological polar surface area (TPSA) is 66.9 Å². The average Bonchev–Trinajstić information content (AvgIpc) is 3.46. The van der Waals surface area contributed by atoms with E-state index in [0.717, 1.165) is 37.9 Å². The van der Waals surface area contributed by atoms with E-state index in [1.807, 2.05) is 19.1 Å². The number of ether oxygens (including phenoxy) is 1. The number of nitrogens with zero attached hydrogens (tertiary/aromatic N) is 2. The largest absolute Gasteiger partial charge is 0.426 e. The number of hydrogen-bond acceptors (Lipinski definition) is 5. The molecule has 2 aromatic carbocycles. The molecule has 1 saturated carbocycles. The second-order valence-corrected chi connectivity index (χ2v) is 14.3. The van der Waals surface area contributed by atoms with Crippen LogP contribution in [0.25, 0.3) is 0 Å². The summed E-state index contributed by atoms with van der Waals surface area (Å²) in [7, 11) is -3.61. The van der Waals surface area contributed by atoms with Crippen molar-refractivity contribution in [3.63, 3.8) is 0 Å². The number of rotatable bonds is 7. The van der Waals surface area contributed by atoms with Crippen LogP contribution in [0.4, 0.5) is 5.69 Å². The Kier molecular flexibility index (Phi) is 6.90. The fraction of sp³-hybridized carbons (Fsp3) is 0.567. The van der Waals surface area contributed by atoms with Crippen LogP contribution < -0.4 is 9.64 Å². The first-order valence-electron chi connectivity index (χ1n) is 13.7. The lowest BCUT2D eigenvalue weighted by Gasteiger charge is -2.39. The highest BCUT2D eigenvalue weighted by Gasteiger charge is 2.53. The Morgan fingerprint density at radius 2 is 1.65 bits per heavy atom. The van der Waals surface area contributed by atoms with Gasteiger partial charge in [-0.15, -0.1) is 0 Å². The summed E-state index contributed by atoms with van der Waals surface area (Å²) in [5, 5.41) is 0. The van der Waals surface area contributed by atoms with Crippen LogP contribution in [0.3, 0.4) is 0 Å². The minimum atomic E-state index is -3.61. The molecule has 3 unspecified atom stereocenters. The molecule has 3 aliphatic rings. The summed E-state index contributed by atoms with van der Waals surface area (Å²) in [4.78, 5) is 15.7. The second-order valence-electron chi connectivity index (χ2n) is 12.4. The maximum atomic E-state index is 13.5. The highest BCUT2D eigenvalue weighted by molar-refractivity contribution is 7.89. The molecule has 5 rings (SSSR count). The zero-order chi connectivity index (χ0) is 26.4. The molecule has 0 aromatic heterocycles. The van der Waals surface area contributed by atoms with Crippen LogP contribution >= 0.6 is 0 Å². The Morgan fingerprint density at radius 1 is 1.00 bits per heavy atom. The number of fused-ring (bicyclic) bond motifs is 2. The monoisotopic (exact) mass is 524 g/mol. The zero-order valence-electron chi connectivity index (χ0n) is 22.6. The van der Waals surface area contributed by atoms with Crippen molar-refractivity contribution in [3.05, 3.63) is 54.1 Å². The van der Waals surface area contributed by atoms with Gasteiger partial charge in [0.25, 0.3) is 0 Å². The van der Waals surface area contributed by atoms with Crippen LogP contribution in [0.2, 0.25) is 0 Å². The molecule has 6 nitrogen and oxygen atoms in total. The van der Waals surface area contributed by atoms with E-state index in [-0.39, 0.29) is 33.7 Å². The first-order valence-corrected chi connectivity index (χ1v) is 15.1. The first-order chi connectivity index (χ1) is 17.5. The summed E-state index contributed by atoms with van der Waals surface area (Å²) in [6.45, 7) is 11.4. The summed E-state index contributed by atoms with van der Waals surface area (Å²) in [5.74, 6) is -0.330. The Morgan fingerprint density at radius 3 is 2.27 bits per heavy atom. The van der Waals surface area contributed by atoms with Crippen LogP contribution in [-0.4, -0.2) is 44.4 Å². The van der Waals surface area contributed by atoms with Gasteiger partial charge in [-0.1, -0.05) is 39.8 Å². The van der Waals surface area contributed by atoms with E-state index in [2.05, 4.69) is 37.8 Å². The number of carbonyl (C=O) groups excluding carboxylic acids is 1. The molecule has 37 heavy (non-hydrogen) atoms. The van der Waals surface area contributed by atoms with E-state index >= 15 is 0 Å². The van der Waals surface area contributed by atoms with Crippen LogP contribution in [0, 0.1) is 10.8 Å². The van der Waals surface area contributed by atoms with Crippen molar-refractivity contribution in [2.45, 2.75) is 83.1 Å². The van der Waals surface area contributed by atoms with E-state index in [1.165, 1.54) is 18.5 Å². The molecule has 1 aliphatic carbocycles. The van der Waals surface area contributed by atoms with Gasteiger partial charge in [0.1, 0.15) is 5.75 Å². The fourth-order valence-electron chi connectivity index (χ4n) is 7.12. The molecule has 2 bridgehead atoms. The van der Waals surface area contributed by atoms with Gasteiger partial charge in [0.05, 0.1) is 10.8 Å². The van der Waals surface area contributed by atoms with Crippen molar-refractivity contribution in [2.75, 3.05) is 24.5 Å². The van der Waals surface area contributed by atoms with Gasteiger partial charge in [-0.25, -0.2) is 8.42 Å². The lowest BCUT2D eigenvalue weighted by molar-refractivity contribution is -0.136.